The SMILES string of the molecule is COc1ccc(C)cc1Nc1cc(NCc2ccccc2)nc(C)n1. The maximum absolute atomic E-state index is 5.42. The number of hydrogen-bond donors (Lipinski definition) is 2. The highest BCUT2D eigenvalue weighted by molar-refractivity contribution is 5.66. The first kappa shape index (κ1) is 16.8. The first-order valence-electron chi connectivity index (χ1n) is 8.19. The van der Waals surface area contributed by atoms with Gasteiger partial charge in [-0.15, -0.1) is 0 Å². The third kappa shape index (κ3) is 4.47. The van der Waals surface area contributed by atoms with Crippen LogP contribution >= 0.6 is 0 Å². The number of methoxy groups -OCH3 is 1. The third-order valence-electron chi connectivity index (χ3n) is 3.77. The van der Waals surface area contributed by atoms with Gasteiger partial charge in [0.2, 0.25) is 0 Å². The first-order valence-corrected chi connectivity index (χ1v) is 8.19. The predicted molar refractivity (Wildman–Crippen MR) is 102 cm³/mol. The van der Waals surface area contributed by atoms with Gasteiger partial charge in [-0.25, -0.2) is 9.97 Å². The molecular formula is C20H22N4O. The fourth-order valence-corrected chi connectivity index (χ4v) is 2.57. The fourth-order valence-electron chi connectivity index (χ4n) is 2.57. The van der Waals surface area contributed by atoms with Crippen molar-refractivity contribution in [2.45, 2.75) is 20.4 Å². The van der Waals surface area contributed by atoms with Crippen molar-refractivity contribution >= 4 is 17.3 Å². The average molecular weight is 334 g/mol. The van der Waals surface area contributed by atoms with E-state index in [0.717, 1.165) is 28.6 Å². The lowest BCUT2D eigenvalue weighted by Crippen LogP contribution is -2.05. The van der Waals surface area contributed by atoms with Crippen LogP contribution in [0.15, 0.2) is 54.6 Å². The minimum absolute atomic E-state index is 0.701. The molecule has 3 rings (SSSR count). The van der Waals surface area contributed by atoms with E-state index in [1.165, 1.54) is 5.56 Å². The zero-order valence-electron chi connectivity index (χ0n) is 14.7. The molecule has 0 aliphatic heterocycles. The molecule has 1 heterocycles. The van der Waals surface area contributed by atoms with Crippen molar-refractivity contribution in [1.82, 2.24) is 9.97 Å². The summed E-state index contributed by atoms with van der Waals surface area (Å²) in [4.78, 5) is 8.93. The van der Waals surface area contributed by atoms with E-state index in [2.05, 4.69) is 32.7 Å². The van der Waals surface area contributed by atoms with Crippen molar-refractivity contribution in [1.29, 1.82) is 0 Å². The normalized spacial score (nSPS) is 10.4. The second-order valence-corrected chi connectivity index (χ2v) is 5.85. The van der Waals surface area contributed by atoms with Gasteiger partial charge in [-0.2, -0.15) is 0 Å². The largest absolute Gasteiger partial charge is 0.495 e. The molecule has 0 spiro atoms. The Balaban J connectivity index is 1.79. The number of hydrogen-bond acceptors (Lipinski definition) is 5. The van der Waals surface area contributed by atoms with Crippen LogP contribution < -0.4 is 15.4 Å². The molecule has 0 atom stereocenters. The second kappa shape index (κ2) is 7.66. The molecule has 0 radical (unpaired) electrons. The summed E-state index contributed by atoms with van der Waals surface area (Å²) in [5.41, 5.74) is 3.24. The van der Waals surface area contributed by atoms with Crippen molar-refractivity contribution < 1.29 is 4.74 Å². The molecule has 0 unspecified atom stereocenters. The van der Waals surface area contributed by atoms with Gasteiger partial charge in [0.1, 0.15) is 23.2 Å². The number of nitrogens with zero attached hydrogens (tertiary/aromatic N) is 2. The number of benzene rings is 2. The predicted octanol–water partition coefficient (Wildman–Crippen LogP) is 4.46. The van der Waals surface area contributed by atoms with Gasteiger partial charge in [0.25, 0.3) is 0 Å². The lowest BCUT2D eigenvalue weighted by Gasteiger charge is -2.13. The highest BCUT2D eigenvalue weighted by Gasteiger charge is 2.07. The highest BCUT2D eigenvalue weighted by atomic mass is 16.5. The van der Waals surface area contributed by atoms with E-state index in [1.807, 2.05) is 56.3 Å². The topological polar surface area (TPSA) is 59.1 Å². The Morgan fingerprint density at radius 3 is 2.44 bits per heavy atom. The van der Waals surface area contributed by atoms with Gasteiger partial charge in [-0.05, 0) is 37.1 Å². The number of rotatable bonds is 6. The summed E-state index contributed by atoms with van der Waals surface area (Å²) in [5.74, 6) is 2.99. The van der Waals surface area contributed by atoms with E-state index in [9.17, 15) is 0 Å². The summed E-state index contributed by atoms with van der Waals surface area (Å²) in [6.07, 6.45) is 0. The van der Waals surface area contributed by atoms with Crippen molar-refractivity contribution in [2.75, 3.05) is 17.7 Å². The van der Waals surface area contributed by atoms with Gasteiger partial charge >= 0.3 is 0 Å². The summed E-state index contributed by atoms with van der Waals surface area (Å²) >= 11 is 0. The fraction of sp³-hybridized carbons (Fsp3) is 0.200. The van der Waals surface area contributed by atoms with Crippen molar-refractivity contribution in [3.63, 3.8) is 0 Å². The number of nitrogens with one attached hydrogen (secondary N) is 2. The van der Waals surface area contributed by atoms with E-state index in [0.29, 0.717) is 12.4 Å². The molecule has 1 aromatic heterocycles. The minimum Gasteiger partial charge on any atom is -0.495 e. The molecular weight excluding hydrogens is 312 g/mol. The van der Waals surface area contributed by atoms with Crippen molar-refractivity contribution in [2.24, 2.45) is 0 Å². The van der Waals surface area contributed by atoms with Crippen LogP contribution in [0.5, 0.6) is 5.75 Å². The van der Waals surface area contributed by atoms with Crippen LogP contribution in [0.3, 0.4) is 0 Å². The molecule has 128 valence electrons. The van der Waals surface area contributed by atoms with Gasteiger partial charge in [0.05, 0.1) is 12.8 Å². The van der Waals surface area contributed by atoms with Crippen molar-refractivity contribution in [3.8, 4) is 5.75 Å². The van der Waals surface area contributed by atoms with Crippen LogP contribution in [0.1, 0.15) is 17.0 Å². The molecule has 25 heavy (non-hydrogen) atoms. The summed E-state index contributed by atoms with van der Waals surface area (Å²) in [7, 11) is 1.66. The molecule has 5 nitrogen and oxygen atoms in total. The Bertz CT molecular complexity index is 850. The zero-order chi connectivity index (χ0) is 17.6. The second-order valence-electron chi connectivity index (χ2n) is 5.85. The molecule has 0 aliphatic rings. The number of anilines is 3. The van der Waals surface area contributed by atoms with Gasteiger partial charge in [0, 0.05) is 12.6 Å². The van der Waals surface area contributed by atoms with Crippen LogP contribution in [0.4, 0.5) is 17.3 Å². The molecule has 0 fully saturated rings. The summed E-state index contributed by atoms with van der Waals surface area (Å²) in [5, 5.41) is 6.67. The van der Waals surface area contributed by atoms with E-state index in [-0.39, 0.29) is 0 Å². The summed E-state index contributed by atoms with van der Waals surface area (Å²) < 4.78 is 5.42. The number of aryl methyl sites for hydroxylation is 2. The number of ether oxygens (including phenoxy) is 1. The summed E-state index contributed by atoms with van der Waals surface area (Å²) in [6.45, 7) is 4.64. The molecule has 0 amide bonds. The molecule has 2 aromatic carbocycles. The monoisotopic (exact) mass is 334 g/mol. The Morgan fingerprint density at radius 2 is 1.68 bits per heavy atom. The van der Waals surface area contributed by atoms with Crippen molar-refractivity contribution in [3.05, 3.63) is 71.5 Å². The Kier molecular flexibility index (Phi) is 5.14. The third-order valence-corrected chi connectivity index (χ3v) is 3.77. The Hall–Kier alpha value is -3.08. The van der Waals surface area contributed by atoms with E-state index in [1.54, 1.807) is 7.11 Å². The van der Waals surface area contributed by atoms with E-state index < -0.39 is 0 Å². The highest BCUT2D eigenvalue weighted by Crippen LogP contribution is 2.28. The quantitative estimate of drug-likeness (QED) is 0.697. The van der Waals surface area contributed by atoms with Gasteiger partial charge in [-0.3, -0.25) is 0 Å². The Labute approximate surface area is 148 Å². The van der Waals surface area contributed by atoms with Crippen LogP contribution in [-0.2, 0) is 6.54 Å². The van der Waals surface area contributed by atoms with Crippen LogP contribution in [0, 0.1) is 13.8 Å². The lowest BCUT2D eigenvalue weighted by atomic mass is 10.2. The zero-order valence-corrected chi connectivity index (χ0v) is 14.7. The van der Waals surface area contributed by atoms with E-state index >= 15 is 0 Å². The van der Waals surface area contributed by atoms with Gasteiger partial charge < -0.3 is 15.4 Å². The maximum Gasteiger partial charge on any atom is 0.142 e. The molecule has 0 saturated heterocycles. The maximum atomic E-state index is 5.42. The average Bonchev–Trinajstić information content (AvgIpc) is 2.61. The smallest absolute Gasteiger partial charge is 0.142 e. The van der Waals surface area contributed by atoms with Crippen LogP contribution in [0.25, 0.3) is 0 Å². The molecule has 0 saturated carbocycles. The van der Waals surface area contributed by atoms with E-state index in [4.69, 9.17) is 4.74 Å². The molecule has 0 aliphatic carbocycles. The molecule has 5 heteroatoms. The Morgan fingerprint density at radius 1 is 0.920 bits per heavy atom. The minimum atomic E-state index is 0.701. The summed E-state index contributed by atoms with van der Waals surface area (Å²) in [6, 6.07) is 18.1. The van der Waals surface area contributed by atoms with Crippen LogP contribution in [-0.4, -0.2) is 17.1 Å². The van der Waals surface area contributed by atoms with Gasteiger partial charge in [0.15, 0.2) is 0 Å². The van der Waals surface area contributed by atoms with Gasteiger partial charge in [-0.1, -0.05) is 36.4 Å². The molecule has 0 bridgehead atoms. The molecule has 3 aromatic rings. The number of aromatic nitrogens is 2. The first-order chi connectivity index (χ1) is 12.1. The molecule has 2 N–H and O–H groups in total. The van der Waals surface area contributed by atoms with Crippen LogP contribution in [0.2, 0.25) is 0 Å². The lowest BCUT2D eigenvalue weighted by molar-refractivity contribution is 0.416. The standard InChI is InChI=1S/C20H22N4O/c1-14-9-10-18(25-3)17(11-14)24-20-12-19(22-15(2)23-20)21-13-16-7-5-4-6-8-16/h4-12H,13H2,1-3H3,(H2,21,22,23,24).